The molecule has 2 N–H and O–H groups in total. The normalized spacial score (nSPS) is 11.0. The molecule has 2 aromatic heterocycles. The number of benzene rings is 2. The van der Waals surface area contributed by atoms with E-state index >= 15 is 0 Å². The summed E-state index contributed by atoms with van der Waals surface area (Å²) >= 11 is 0. The van der Waals surface area contributed by atoms with Gasteiger partial charge in [0.25, 0.3) is 5.91 Å². The second-order valence-corrected chi connectivity index (χ2v) is 8.14. The molecule has 0 saturated heterocycles. The van der Waals surface area contributed by atoms with Gasteiger partial charge in [-0.2, -0.15) is 0 Å². The number of carbonyl (C=O) groups excluding carboxylic acids is 2. The number of nitrogens with one attached hydrogen (secondary N) is 2. The van der Waals surface area contributed by atoms with E-state index in [0.717, 1.165) is 22.3 Å². The number of fused-ring (bicyclic) bond motifs is 1. The van der Waals surface area contributed by atoms with Crippen LogP contribution in [0.2, 0.25) is 0 Å². The number of hydrogen-bond donors (Lipinski definition) is 2. The number of esters is 1. The van der Waals surface area contributed by atoms with E-state index in [9.17, 15) is 9.59 Å². The SMILES string of the molecule is Cc1cccc(-c2ccc(C)c(C(=O)Nc3cncc4cc(C(=O)OC(C)C)[nH]c34)c2)c1. The molecule has 4 aromatic rings. The van der Waals surface area contributed by atoms with Gasteiger partial charge in [-0.1, -0.05) is 42.0 Å². The second kappa shape index (κ2) is 8.67. The standard InChI is InChI=1S/C26H25N3O3/c1-15(2)32-26(31)22-12-20-13-27-14-23(24(20)28-22)29-25(30)21-11-19(9-8-17(21)4)18-7-5-6-16(3)10-18/h5-15,28H,1-4H3,(H,29,30). The Morgan fingerprint density at radius 2 is 1.78 bits per heavy atom. The highest BCUT2D eigenvalue weighted by molar-refractivity contribution is 6.10. The Balaban J connectivity index is 1.65. The van der Waals surface area contributed by atoms with Crippen LogP contribution in [0.5, 0.6) is 0 Å². The Kier molecular flexibility index (Phi) is 5.77. The number of aromatic amines is 1. The van der Waals surface area contributed by atoms with Crippen molar-refractivity contribution in [1.29, 1.82) is 0 Å². The third kappa shape index (κ3) is 4.39. The molecule has 0 bridgehead atoms. The van der Waals surface area contributed by atoms with Crippen molar-refractivity contribution in [2.45, 2.75) is 33.8 Å². The van der Waals surface area contributed by atoms with E-state index in [0.29, 0.717) is 27.8 Å². The number of ether oxygens (including phenoxy) is 1. The number of nitrogens with zero attached hydrogens (tertiary/aromatic N) is 1. The molecule has 0 aliphatic rings. The van der Waals surface area contributed by atoms with E-state index in [-0.39, 0.29) is 12.0 Å². The molecule has 0 aliphatic heterocycles. The second-order valence-electron chi connectivity index (χ2n) is 8.14. The molecule has 0 saturated carbocycles. The summed E-state index contributed by atoms with van der Waals surface area (Å²) in [5.41, 5.74) is 6.06. The topological polar surface area (TPSA) is 84.1 Å². The van der Waals surface area contributed by atoms with Crippen LogP contribution in [0.3, 0.4) is 0 Å². The number of rotatable bonds is 5. The van der Waals surface area contributed by atoms with E-state index in [1.54, 1.807) is 32.3 Å². The zero-order valence-corrected chi connectivity index (χ0v) is 18.5. The summed E-state index contributed by atoms with van der Waals surface area (Å²) in [7, 11) is 0. The van der Waals surface area contributed by atoms with Crippen LogP contribution in [0.4, 0.5) is 5.69 Å². The minimum Gasteiger partial charge on any atom is -0.458 e. The van der Waals surface area contributed by atoms with E-state index in [4.69, 9.17) is 4.74 Å². The zero-order chi connectivity index (χ0) is 22.8. The molecular formula is C26H25N3O3. The molecule has 0 unspecified atom stereocenters. The zero-order valence-electron chi connectivity index (χ0n) is 18.5. The van der Waals surface area contributed by atoms with Crippen LogP contribution in [0.1, 0.15) is 45.8 Å². The van der Waals surface area contributed by atoms with Crippen molar-refractivity contribution in [3.05, 3.63) is 83.3 Å². The number of carbonyl (C=O) groups is 2. The monoisotopic (exact) mass is 427 g/mol. The largest absolute Gasteiger partial charge is 0.458 e. The van der Waals surface area contributed by atoms with Crippen LogP contribution in [0, 0.1) is 13.8 Å². The van der Waals surface area contributed by atoms with Crippen molar-refractivity contribution < 1.29 is 14.3 Å². The first-order chi connectivity index (χ1) is 15.3. The summed E-state index contributed by atoms with van der Waals surface area (Å²) in [6.07, 6.45) is 2.97. The van der Waals surface area contributed by atoms with E-state index < -0.39 is 5.97 Å². The van der Waals surface area contributed by atoms with E-state index in [2.05, 4.69) is 21.4 Å². The molecule has 1 amide bonds. The lowest BCUT2D eigenvalue weighted by atomic mass is 9.98. The van der Waals surface area contributed by atoms with Crippen molar-refractivity contribution >= 4 is 28.5 Å². The first kappa shape index (κ1) is 21.3. The third-order valence-corrected chi connectivity index (χ3v) is 5.18. The average molecular weight is 428 g/mol. The van der Waals surface area contributed by atoms with Crippen LogP contribution >= 0.6 is 0 Å². The summed E-state index contributed by atoms with van der Waals surface area (Å²) in [6.45, 7) is 7.53. The van der Waals surface area contributed by atoms with E-state index in [1.165, 1.54) is 0 Å². The van der Waals surface area contributed by atoms with Crippen molar-refractivity contribution in [2.75, 3.05) is 5.32 Å². The number of pyridine rings is 1. The summed E-state index contributed by atoms with van der Waals surface area (Å²) in [4.78, 5) is 32.7. The van der Waals surface area contributed by atoms with Gasteiger partial charge >= 0.3 is 5.97 Å². The van der Waals surface area contributed by atoms with Gasteiger partial charge < -0.3 is 15.0 Å². The molecule has 0 spiro atoms. The number of aryl methyl sites for hydroxylation is 2. The third-order valence-electron chi connectivity index (χ3n) is 5.18. The highest BCUT2D eigenvalue weighted by Crippen LogP contribution is 2.26. The molecule has 0 radical (unpaired) electrons. The summed E-state index contributed by atoms with van der Waals surface area (Å²) < 4.78 is 5.26. The molecule has 0 aliphatic carbocycles. The lowest BCUT2D eigenvalue weighted by Gasteiger charge is -2.11. The molecule has 4 rings (SSSR count). The predicted molar refractivity (Wildman–Crippen MR) is 126 cm³/mol. The fraction of sp³-hybridized carbons (Fsp3) is 0.192. The smallest absolute Gasteiger partial charge is 0.355 e. The van der Waals surface area contributed by atoms with Crippen molar-refractivity contribution in [3.8, 4) is 11.1 Å². The Hall–Kier alpha value is -3.93. The first-order valence-corrected chi connectivity index (χ1v) is 10.5. The van der Waals surface area contributed by atoms with Gasteiger partial charge in [0.15, 0.2) is 0 Å². The van der Waals surface area contributed by atoms with Crippen LogP contribution in [-0.2, 0) is 4.74 Å². The first-order valence-electron chi connectivity index (χ1n) is 10.5. The Labute approximate surface area is 186 Å². The molecule has 6 nitrogen and oxygen atoms in total. The molecule has 2 aromatic carbocycles. The molecule has 162 valence electrons. The minimum absolute atomic E-state index is 0.227. The quantitative estimate of drug-likeness (QED) is 0.402. The predicted octanol–water partition coefficient (Wildman–Crippen LogP) is 5.66. The van der Waals surface area contributed by atoms with Gasteiger partial charge in [0, 0.05) is 17.1 Å². The fourth-order valence-corrected chi connectivity index (χ4v) is 3.59. The molecule has 2 heterocycles. The Morgan fingerprint density at radius 1 is 1.00 bits per heavy atom. The summed E-state index contributed by atoms with van der Waals surface area (Å²) in [5, 5.41) is 3.65. The molecular weight excluding hydrogens is 402 g/mol. The van der Waals surface area contributed by atoms with Gasteiger partial charge in [-0.25, -0.2) is 4.79 Å². The number of hydrogen-bond acceptors (Lipinski definition) is 4. The Bertz CT molecular complexity index is 1320. The molecule has 0 fully saturated rings. The van der Waals surface area contributed by atoms with Crippen molar-refractivity contribution in [3.63, 3.8) is 0 Å². The van der Waals surface area contributed by atoms with Crippen molar-refractivity contribution in [1.82, 2.24) is 9.97 Å². The maximum Gasteiger partial charge on any atom is 0.355 e. The average Bonchev–Trinajstić information content (AvgIpc) is 3.19. The lowest BCUT2D eigenvalue weighted by Crippen LogP contribution is -2.14. The minimum atomic E-state index is -0.449. The van der Waals surface area contributed by atoms with Gasteiger partial charge in [-0.15, -0.1) is 0 Å². The highest BCUT2D eigenvalue weighted by Gasteiger charge is 2.17. The number of anilines is 1. The highest BCUT2D eigenvalue weighted by atomic mass is 16.5. The number of amides is 1. The van der Waals surface area contributed by atoms with Crippen LogP contribution in [-0.4, -0.2) is 27.9 Å². The number of aromatic nitrogens is 2. The van der Waals surface area contributed by atoms with Crippen LogP contribution < -0.4 is 5.32 Å². The van der Waals surface area contributed by atoms with Crippen molar-refractivity contribution in [2.24, 2.45) is 0 Å². The van der Waals surface area contributed by atoms with Gasteiger partial charge in [0.2, 0.25) is 0 Å². The summed E-state index contributed by atoms with van der Waals surface area (Å²) in [6, 6.07) is 15.7. The van der Waals surface area contributed by atoms with Gasteiger partial charge in [-0.3, -0.25) is 9.78 Å². The lowest BCUT2D eigenvalue weighted by molar-refractivity contribution is 0.0372. The van der Waals surface area contributed by atoms with Gasteiger partial charge in [0.1, 0.15) is 5.69 Å². The molecule has 6 heteroatoms. The number of H-pyrrole nitrogens is 1. The fourth-order valence-electron chi connectivity index (χ4n) is 3.59. The molecule has 32 heavy (non-hydrogen) atoms. The van der Waals surface area contributed by atoms with Gasteiger partial charge in [-0.05, 0) is 56.5 Å². The van der Waals surface area contributed by atoms with Gasteiger partial charge in [0.05, 0.1) is 23.5 Å². The van der Waals surface area contributed by atoms with Crippen LogP contribution in [0.15, 0.2) is 60.9 Å². The maximum atomic E-state index is 13.2. The van der Waals surface area contributed by atoms with E-state index in [1.807, 2.05) is 50.2 Å². The Morgan fingerprint density at radius 3 is 2.53 bits per heavy atom. The maximum absolute atomic E-state index is 13.2. The summed E-state index contributed by atoms with van der Waals surface area (Å²) in [5.74, 6) is -0.692. The van der Waals surface area contributed by atoms with Crippen LogP contribution in [0.25, 0.3) is 22.0 Å². The molecule has 0 atom stereocenters.